The molecule has 0 aliphatic carbocycles. The van der Waals surface area contributed by atoms with Crippen molar-refractivity contribution in [1.29, 1.82) is 0 Å². The molecule has 2 N–H and O–H groups in total. The summed E-state index contributed by atoms with van der Waals surface area (Å²) in [6.45, 7) is 0.807. The largest absolute Gasteiger partial charge is 0.497 e. The first kappa shape index (κ1) is 21.9. The minimum atomic E-state index is 0.600. The Morgan fingerprint density at radius 1 is 0.972 bits per heavy atom. The third-order valence-corrected chi connectivity index (χ3v) is 5.99. The molecule has 0 saturated heterocycles. The smallest absolute Gasteiger partial charge is 0.178 e. The van der Waals surface area contributed by atoms with E-state index in [0.717, 1.165) is 56.8 Å². The zero-order valence-electron chi connectivity index (χ0n) is 20.1. The van der Waals surface area contributed by atoms with E-state index in [1.165, 1.54) is 0 Å². The predicted molar refractivity (Wildman–Crippen MR) is 139 cm³/mol. The molecule has 0 saturated carbocycles. The van der Waals surface area contributed by atoms with Crippen LogP contribution in [0.25, 0.3) is 56.1 Å². The molecule has 0 radical (unpaired) electrons. The number of imidazole rings is 1. The van der Waals surface area contributed by atoms with Crippen LogP contribution in [0.3, 0.4) is 0 Å². The molecule has 0 aliphatic heterocycles. The van der Waals surface area contributed by atoms with Gasteiger partial charge in [-0.1, -0.05) is 12.1 Å². The molecule has 0 unspecified atom stereocenters. The SMILES string of the molecule is COc1cccc(-c2ccnc3nc(-c4n[nH]c5ccc(-c6cncc(CN(C)C)c6)nc45)[nH]c23)c1. The molecule has 0 aliphatic rings. The van der Waals surface area contributed by atoms with Crippen molar-refractivity contribution in [3.05, 3.63) is 72.7 Å². The quantitative estimate of drug-likeness (QED) is 0.359. The topological polar surface area (TPSA) is 108 Å². The fourth-order valence-corrected chi connectivity index (χ4v) is 4.36. The molecule has 5 heterocycles. The Hall–Kier alpha value is -4.63. The van der Waals surface area contributed by atoms with Crippen LogP contribution in [0, 0.1) is 0 Å². The highest BCUT2D eigenvalue weighted by molar-refractivity contribution is 5.95. The molecule has 0 amide bonds. The second-order valence-corrected chi connectivity index (χ2v) is 8.86. The number of methoxy groups -OCH3 is 1. The van der Waals surface area contributed by atoms with E-state index in [0.29, 0.717) is 17.2 Å². The number of benzene rings is 1. The van der Waals surface area contributed by atoms with E-state index in [4.69, 9.17) is 14.7 Å². The fourth-order valence-electron chi connectivity index (χ4n) is 4.36. The highest BCUT2D eigenvalue weighted by Gasteiger charge is 2.17. The lowest BCUT2D eigenvalue weighted by Gasteiger charge is -2.10. The van der Waals surface area contributed by atoms with E-state index in [1.807, 2.05) is 69.0 Å². The summed E-state index contributed by atoms with van der Waals surface area (Å²) < 4.78 is 5.40. The summed E-state index contributed by atoms with van der Waals surface area (Å²) >= 11 is 0. The van der Waals surface area contributed by atoms with Crippen molar-refractivity contribution in [2.24, 2.45) is 0 Å². The summed E-state index contributed by atoms with van der Waals surface area (Å²) in [5.41, 5.74) is 8.52. The Kier molecular flexibility index (Phi) is 5.38. The molecule has 1 aromatic carbocycles. The number of hydrogen-bond acceptors (Lipinski definition) is 7. The normalized spacial score (nSPS) is 11.6. The van der Waals surface area contributed by atoms with Gasteiger partial charge in [0, 0.05) is 36.3 Å². The van der Waals surface area contributed by atoms with Crippen molar-refractivity contribution >= 4 is 22.2 Å². The average molecular weight is 477 g/mol. The molecule has 9 nitrogen and oxygen atoms in total. The molecule has 178 valence electrons. The number of ether oxygens (including phenoxy) is 1. The van der Waals surface area contributed by atoms with E-state index in [1.54, 1.807) is 13.3 Å². The molecule has 36 heavy (non-hydrogen) atoms. The standard InChI is InChI=1S/C27H24N8O/c1-35(2)15-16-11-18(14-28-13-16)21-7-8-22-24(30-21)25(34-33-22)27-31-23-20(9-10-29-26(23)32-27)17-5-4-6-19(12-17)36-3/h4-14H,15H2,1-3H3,(H,33,34)(H,29,31,32). The van der Waals surface area contributed by atoms with Gasteiger partial charge in [-0.05, 0) is 61.6 Å². The Morgan fingerprint density at radius 3 is 2.75 bits per heavy atom. The van der Waals surface area contributed by atoms with Crippen LogP contribution in [0.4, 0.5) is 0 Å². The van der Waals surface area contributed by atoms with Crippen LogP contribution in [0.2, 0.25) is 0 Å². The van der Waals surface area contributed by atoms with E-state index in [2.05, 4.69) is 36.1 Å². The summed E-state index contributed by atoms with van der Waals surface area (Å²) in [6.07, 6.45) is 5.47. The van der Waals surface area contributed by atoms with Gasteiger partial charge in [0.25, 0.3) is 0 Å². The third-order valence-electron chi connectivity index (χ3n) is 5.99. The number of aromatic amines is 2. The Balaban J connectivity index is 1.44. The highest BCUT2D eigenvalue weighted by atomic mass is 16.5. The second kappa shape index (κ2) is 8.86. The number of nitrogens with zero attached hydrogens (tertiary/aromatic N) is 6. The zero-order chi connectivity index (χ0) is 24.6. The summed E-state index contributed by atoms with van der Waals surface area (Å²) in [4.78, 5) is 24.1. The molecular weight excluding hydrogens is 452 g/mol. The van der Waals surface area contributed by atoms with Crippen LogP contribution in [-0.2, 0) is 6.54 Å². The van der Waals surface area contributed by atoms with Crippen molar-refractivity contribution in [2.75, 3.05) is 21.2 Å². The van der Waals surface area contributed by atoms with E-state index in [-0.39, 0.29) is 0 Å². The highest BCUT2D eigenvalue weighted by Crippen LogP contribution is 2.32. The van der Waals surface area contributed by atoms with Gasteiger partial charge in [0.2, 0.25) is 0 Å². The lowest BCUT2D eigenvalue weighted by molar-refractivity contribution is 0.402. The number of aromatic nitrogens is 7. The van der Waals surface area contributed by atoms with Crippen LogP contribution >= 0.6 is 0 Å². The number of H-pyrrole nitrogens is 2. The maximum atomic E-state index is 5.40. The van der Waals surface area contributed by atoms with Crippen molar-refractivity contribution in [2.45, 2.75) is 6.54 Å². The van der Waals surface area contributed by atoms with E-state index in [9.17, 15) is 0 Å². The van der Waals surface area contributed by atoms with Crippen molar-refractivity contribution in [3.63, 3.8) is 0 Å². The van der Waals surface area contributed by atoms with Gasteiger partial charge in [-0.15, -0.1) is 0 Å². The minimum Gasteiger partial charge on any atom is -0.497 e. The van der Waals surface area contributed by atoms with Crippen LogP contribution in [0.1, 0.15) is 5.56 Å². The molecular formula is C27H24N8O. The molecule has 0 spiro atoms. The van der Waals surface area contributed by atoms with Gasteiger partial charge in [0.1, 0.15) is 11.3 Å². The van der Waals surface area contributed by atoms with E-state index < -0.39 is 0 Å². The number of nitrogens with one attached hydrogen (secondary N) is 2. The Labute approximate surface area is 207 Å². The first-order valence-corrected chi connectivity index (χ1v) is 11.5. The lowest BCUT2D eigenvalue weighted by atomic mass is 10.1. The molecule has 9 heteroatoms. The predicted octanol–water partition coefficient (Wildman–Crippen LogP) is 4.70. The summed E-state index contributed by atoms with van der Waals surface area (Å²) in [7, 11) is 5.74. The summed E-state index contributed by atoms with van der Waals surface area (Å²) in [6, 6.07) is 16.0. The maximum absolute atomic E-state index is 5.40. The molecule has 6 aromatic rings. The van der Waals surface area contributed by atoms with Crippen molar-refractivity contribution < 1.29 is 4.74 Å². The lowest BCUT2D eigenvalue weighted by Crippen LogP contribution is -2.10. The van der Waals surface area contributed by atoms with Crippen molar-refractivity contribution in [1.82, 2.24) is 40.0 Å². The Morgan fingerprint density at radius 2 is 1.89 bits per heavy atom. The van der Waals surface area contributed by atoms with E-state index >= 15 is 0 Å². The Bertz CT molecular complexity index is 1700. The average Bonchev–Trinajstić information content (AvgIpc) is 3.52. The molecule has 5 aromatic heterocycles. The first-order chi connectivity index (χ1) is 17.6. The molecule has 6 rings (SSSR count). The maximum Gasteiger partial charge on any atom is 0.178 e. The first-order valence-electron chi connectivity index (χ1n) is 11.5. The molecule has 0 atom stereocenters. The summed E-state index contributed by atoms with van der Waals surface area (Å²) in [5, 5.41) is 7.61. The second-order valence-electron chi connectivity index (χ2n) is 8.86. The van der Waals surface area contributed by atoms with Crippen molar-refractivity contribution in [3.8, 4) is 39.7 Å². The number of fused-ring (bicyclic) bond motifs is 2. The minimum absolute atomic E-state index is 0.600. The van der Waals surface area contributed by atoms with Gasteiger partial charge in [0.05, 0.1) is 23.8 Å². The number of rotatable bonds is 6. The van der Waals surface area contributed by atoms with Gasteiger partial charge in [-0.25, -0.2) is 15.0 Å². The van der Waals surface area contributed by atoms with Gasteiger partial charge in [-0.2, -0.15) is 5.10 Å². The fraction of sp³-hybridized carbons (Fsp3) is 0.148. The van der Waals surface area contributed by atoms with Crippen LogP contribution in [-0.4, -0.2) is 61.2 Å². The van der Waals surface area contributed by atoms with Gasteiger partial charge in [-0.3, -0.25) is 10.1 Å². The van der Waals surface area contributed by atoms with Gasteiger partial charge < -0.3 is 14.6 Å². The number of pyridine rings is 3. The third kappa shape index (κ3) is 3.95. The van der Waals surface area contributed by atoms with Gasteiger partial charge in [0.15, 0.2) is 17.2 Å². The monoisotopic (exact) mass is 476 g/mol. The molecule has 0 fully saturated rings. The zero-order valence-corrected chi connectivity index (χ0v) is 20.1. The number of hydrogen-bond donors (Lipinski definition) is 2. The van der Waals surface area contributed by atoms with Gasteiger partial charge >= 0.3 is 0 Å². The van der Waals surface area contributed by atoms with Crippen LogP contribution in [0.5, 0.6) is 5.75 Å². The summed E-state index contributed by atoms with van der Waals surface area (Å²) in [5.74, 6) is 1.39. The molecule has 0 bridgehead atoms. The van der Waals surface area contributed by atoms with Crippen LogP contribution < -0.4 is 4.74 Å². The van der Waals surface area contributed by atoms with Crippen LogP contribution in [0.15, 0.2) is 67.1 Å².